The number of aromatic nitrogens is 5. The molecular weight excluding hydrogens is 413 g/mol. The number of ether oxygens (including phenoxy) is 2. The molecule has 0 saturated carbocycles. The number of fused-ring (bicyclic) bond motifs is 1. The molecule has 152 valence electrons. The molecular formula is C20H15ClFN5O3. The van der Waals surface area contributed by atoms with Crippen LogP contribution in [0.2, 0.25) is 5.15 Å². The van der Waals surface area contributed by atoms with Gasteiger partial charge in [-0.3, -0.25) is 4.98 Å². The van der Waals surface area contributed by atoms with Gasteiger partial charge in [-0.25, -0.2) is 14.2 Å². The molecule has 0 aliphatic rings. The Kier molecular flexibility index (Phi) is 5.28. The number of pyridine rings is 1. The fourth-order valence-electron chi connectivity index (χ4n) is 2.99. The second-order valence-electron chi connectivity index (χ2n) is 6.28. The zero-order valence-corrected chi connectivity index (χ0v) is 16.7. The van der Waals surface area contributed by atoms with Gasteiger partial charge in [-0.05, 0) is 23.8 Å². The second-order valence-corrected chi connectivity index (χ2v) is 6.63. The van der Waals surface area contributed by atoms with Crippen LogP contribution in [0.5, 0.6) is 6.01 Å². The zero-order valence-electron chi connectivity index (χ0n) is 16.0. The number of hydrogen-bond donors (Lipinski definition) is 0. The van der Waals surface area contributed by atoms with Gasteiger partial charge >= 0.3 is 12.0 Å². The van der Waals surface area contributed by atoms with Crippen molar-refractivity contribution >= 4 is 28.7 Å². The average Bonchev–Trinajstić information content (AvgIpc) is 3.12. The minimum absolute atomic E-state index is 0.0820. The van der Waals surface area contributed by atoms with Crippen molar-refractivity contribution in [3.63, 3.8) is 0 Å². The molecule has 0 saturated heterocycles. The first-order valence-electron chi connectivity index (χ1n) is 8.76. The molecule has 8 nitrogen and oxygen atoms in total. The summed E-state index contributed by atoms with van der Waals surface area (Å²) in [7, 11) is 2.76. The highest BCUT2D eigenvalue weighted by Gasteiger charge is 2.20. The fraction of sp³-hybridized carbons (Fsp3) is 0.150. The Morgan fingerprint density at radius 1 is 1.13 bits per heavy atom. The Morgan fingerprint density at radius 2 is 1.90 bits per heavy atom. The van der Waals surface area contributed by atoms with E-state index < -0.39 is 11.8 Å². The lowest BCUT2D eigenvalue weighted by Gasteiger charge is -2.10. The van der Waals surface area contributed by atoms with E-state index >= 15 is 0 Å². The molecule has 0 unspecified atom stereocenters. The van der Waals surface area contributed by atoms with Crippen molar-refractivity contribution in [3.8, 4) is 17.4 Å². The van der Waals surface area contributed by atoms with E-state index in [-0.39, 0.29) is 11.2 Å². The molecule has 0 spiro atoms. The summed E-state index contributed by atoms with van der Waals surface area (Å²) >= 11 is 6.27. The molecule has 0 atom stereocenters. The molecule has 10 heteroatoms. The summed E-state index contributed by atoms with van der Waals surface area (Å²) in [5.41, 5.74) is 2.50. The van der Waals surface area contributed by atoms with Crippen LogP contribution in [-0.4, -0.2) is 44.7 Å². The largest absolute Gasteiger partial charge is 0.467 e. The molecule has 3 heterocycles. The van der Waals surface area contributed by atoms with Crippen LogP contribution in [0.1, 0.15) is 15.9 Å². The van der Waals surface area contributed by atoms with E-state index in [0.717, 1.165) is 11.8 Å². The van der Waals surface area contributed by atoms with Crippen LogP contribution in [-0.2, 0) is 11.3 Å². The molecule has 30 heavy (non-hydrogen) atoms. The quantitative estimate of drug-likeness (QED) is 0.355. The van der Waals surface area contributed by atoms with Gasteiger partial charge in [0.15, 0.2) is 10.8 Å². The Labute approximate surface area is 175 Å². The van der Waals surface area contributed by atoms with Crippen molar-refractivity contribution < 1.29 is 18.7 Å². The highest BCUT2D eigenvalue weighted by atomic mass is 35.5. The molecule has 1 aromatic carbocycles. The molecule has 3 aromatic heterocycles. The number of benzene rings is 1. The number of carbonyl (C=O) groups excluding carboxylic acids is 1. The Balaban J connectivity index is 1.86. The van der Waals surface area contributed by atoms with Crippen molar-refractivity contribution in [2.45, 2.75) is 6.54 Å². The molecule has 0 bridgehead atoms. The van der Waals surface area contributed by atoms with Crippen molar-refractivity contribution in [2.75, 3.05) is 14.2 Å². The third kappa shape index (κ3) is 3.67. The van der Waals surface area contributed by atoms with E-state index in [0.29, 0.717) is 34.7 Å². The van der Waals surface area contributed by atoms with Gasteiger partial charge in [0.25, 0.3) is 0 Å². The summed E-state index contributed by atoms with van der Waals surface area (Å²) < 4.78 is 25.4. The minimum atomic E-state index is -0.497. The maximum atomic E-state index is 13.8. The van der Waals surface area contributed by atoms with Gasteiger partial charge in [-0.15, -0.1) is 0 Å². The number of rotatable bonds is 5. The van der Waals surface area contributed by atoms with Crippen LogP contribution in [0.15, 0.2) is 42.7 Å². The normalized spacial score (nSPS) is 10.9. The van der Waals surface area contributed by atoms with E-state index in [2.05, 4.69) is 19.9 Å². The van der Waals surface area contributed by atoms with E-state index in [1.807, 2.05) is 0 Å². The average molecular weight is 428 g/mol. The topological polar surface area (TPSA) is 92.0 Å². The first-order valence-corrected chi connectivity index (χ1v) is 9.14. The SMILES string of the molecule is COC(=O)c1ccc(Cn2c(-c3cncc(F)c3)nc3c(Cl)nc(OC)nc32)cc1. The van der Waals surface area contributed by atoms with Crippen molar-refractivity contribution in [1.29, 1.82) is 0 Å². The third-order valence-corrected chi connectivity index (χ3v) is 4.66. The zero-order chi connectivity index (χ0) is 21.3. The molecule has 0 fully saturated rings. The van der Waals surface area contributed by atoms with Crippen LogP contribution in [0.4, 0.5) is 4.39 Å². The van der Waals surface area contributed by atoms with E-state index in [9.17, 15) is 9.18 Å². The molecule has 0 radical (unpaired) electrons. The monoisotopic (exact) mass is 427 g/mol. The van der Waals surface area contributed by atoms with Crippen molar-refractivity contribution in [3.05, 3.63) is 64.8 Å². The summed E-state index contributed by atoms with van der Waals surface area (Å²) in [4.78, 5) is 28.5. The number of methoxy groups -OCH3 is 2. The highest BCUT2D eigenvalue weighted by molar-refractivity contribution is 6.33. The van der Waals surface area contributed by atoms with Gasteiger partial charge in [0.05, 0.1) is 32.5 Å². The standard InChI is InChI=1S/C20H15ClFN5O3/c1-29-19(28)12-5-3-11(4-6-12)10-27-17(13-7-14(22)9-23-8-13)24-15-16(21)25-20(30-2)26-18(15)27/h3-9H,10H2,1-2H3. The molecule has 0 amide bonds. The lowest BCUT2D eigenvalue weighted by Crippen LogP contribution is -2.06. The minimum Gasteiger partial charge on any atom is -0.467 e. The maximum Gasteiger partial charge on any atom is 0.337 e. The van der Waals surface area contributed by atoms with Crippen molar-refractivity contribution in [2.24, 2.45) is 0 Å². The van der Waals surface area contributed by atoms with Crippen LogP contribution >= 0.6 is 11.6 Å². The lowest BCUT2D eigenvalue weighted by molar-refractivity contribution is 0.0600. The number of esters is 1. The second kappa shape index (κ2) is 8.03. The lowest BCUT2D eigenvalue weighted by atomic mass is 10.1. The molecule has 0 N–H and O–H groups in total. The summed E-state index contributed by atoms with van der Waals surface area (Å²) in [5, 5.41) is 0.113. The molecule has 0 aliphatic heterocycles. The van der Waals surface area contributed by atoms with Gasteiger partial charge in [0, 0.05) is 11.8 Å². The first kappa shape index (κ1) is 19.7. The van der Waals surface area contributed by atoms with Crippen LogP contribution in [0.3, 0.4) is 0 Å². The molecule has 4 rings (SSSR count). The van der Waals surface area contributed by atoms with Crippen LogP contribution in [0, 0.1) is 5.82 Å². The number of halogens is 2. The maximum absolute atomic E-state index is 13.8. The highest BCUT2D eigenvalue weighted by Crippen LogP contribution is 2.29. The summed E-state index contributed by atoms with van der Waals surface area (Å²) in [6, 6.07) is 8.29. The van der Waals surface area contributed by atoms with E-state index in [1.54, 1.807) is 28.8 Å². The van der Waals surface area contributed by atoms with Crippen LogP contribution in [0.25, 0.3) is 22.6 Å². The van der Waals surface area contributed by atoms with Gasteiger partial charge < -0.3 is 14.0 Å². The number of carbonyl (C=O) groups is 1. The summed E-state index contributed by atoms with van der Waals surface area (Å²) in [6.07, 6.45) is 2.61. The van der Waals surface area contributed by atoms with Crippen molar-refractivity contribution in [1.82, 2.24) is 24.5 Å². The summed E-state index contributed by atoms with van der Waals surface area (Å²) in [6.45, 7) is 0.320. The smallest absolute Gasteiger partial charge is 0.337 e. The predicted octanol–water partition coefficient (Wildman–Crippen LogP) is 3.52. The van der Waals surface area contributed by atoms with Gasteiger partial charge in [-0.2, -0.15) is 9.97 Å². The number of hydrogen-bond acceptors (Lipinski definition) is 7. The number of nitrogens with zero attached hydrogens (tertiary/aromatic N) is 5. The predicted molar refractivity (Wildman–Crippen MR) is 107 cm³/mol. The Morgan fingerprint density at radius 3 is 2.57 bits per heavy atom. The van der Waals surface area contributed by atoms with Gasteiger partial charge in [0.1, 0.15) is 17.2 Å². The van der Waals surface area contributed by atoms with Crippen LogP contribution < -0.4 is 4.74 Å². The summed E-state index contributed by atoms with van der Waals surface area (Å²) in [5.74, 6) is -0.507. The Hall–Kier alpha value is -3.59. The fourth-order valence-corrected chi connectivity index (χ4v) is 3.19. The third-order valence-electron chi connectivity index (χ3n) is 4.39. The van der Waals surface area contributed by atoms with Gasteiger partial charge in [0.2, 0.25) is 0 Å². The van der Waals surface area contributed by atoms with Gasteiger partial charge in [-0.1, -0.05) is 23.7 Å². The molecule has 4 aromatic rings. The van der Waals surface area contributed by atoms with E-state index in [4.69, 9.17) is 21.1 Å². The van der Waals surface area contributed by atoms with E-state index in [1.165, 1.54) is 26.5 Å². The number of imidazole rings is 1. The molecule has 0 aliphatic carbocycles. The Bertz CT molecular complexity index is 1240. The first-order chi connectivity index (χ1) is 14.5.